The molecule has 2 aromatic rings. The Balaban J connectivity index is 1.90. The Labute approximate surface area is 210 Å². The fraction of sp³-hybridized carbons (Fsp3) is 0.333. The Morgan fingerprint density at radius 2 is 1.66 bits per heavy atom. The third-order valence-corrected chi connectivity index (χ3v) is 6.83. The summed E-state index contributed by atoms with van der Waals surface area (Å²) < 4.78 is 14.4. The van der Waals surface area contributed by atoms with E-state index in [0.717, 1.165) is 20.8 Å². The minimum absolute atomic E-state index is 0.0172. The van der Waals surface area contributed by atoms with Crippen LogP contribution >= 0.6 is 23.2 Å². The predicted octanol–water partition coefficient (Wildman–Crippen LogP) is 4.27. The summed E-state index contributed by atoms with van der Waals surface area (Å²) in [5, 5.41) is 10.4. The number of urea groups is 1. The van der Waals surface area contributed by atoms with Gasteiger partial charge in [-0.05, 0) is 41.8 Å². The number of hydrogen-bond acceptors (Lipinski definition) is 4. The molecule has 1 spiro atoms. The van der Waals surface area contributed by atoms with Crippen molar-refractivity contribution in [3.8, 4) is 0 Å². The van der Waals surface area contributed by atoms with Crippen molar-refractivity contribution in [2.75, 3.05) is 11.9 Å². The molecule has 0 radical (unpaired) electrons. The van der Waals surface area contributed by atoms with Crippen molar-refractivity contribution < 1.29 is 28.7 Å². The highest BCUT2D eigenvalue weighted by atomic mass is 35.5. The maximum atomic E-state index is 14.4. The number of anilines is 1. The molecule has 2 aromatic carbocycles. The minimum Gasteiger partial charge on any atom is -0.480 e. The molecule has 2 heterocycles. The van der Waals surface area contributed by atoms with Gasteiger partial charge in [0.15, 0.2) is 0 Å². The van der Waals surface area contributed by atoms with Crippen molar-refractivity contribution >= 4 is 52.7 Å². The van der Waals surface area contributed by atoms with Crippen LogP contribution in [0.3, 0.4) is 0 Å². The number of aliphatic carboxylic acids is 1. The van der Waals surface area contributed by atoms with Crippen LogP contribution in [-0.2, 0) is 26.5 Å². The molecule has 2 unspecified atom stereocenters. The standard InChI is InChI=1S/C24H22Cl2FN3O5/c1-23(2,3)18(19(31)32)30-17-8-6-14(26)10-15(17)24(21(30)34)20(33)29(22(35)28(24)4)11-12-9-13(25)5-7-16(12)27/h5-10,18H,11H2,1-4H3,(H,31,32). The molecule has 0 bridgehead atoms. The van der Waals surface area contributed by atoms with Crippen molar-refractivity contribution in [3.05, 3.63) is 63.4 Å². The molecule has 184 valence electrons. The fourth-order valence-corrected chi connectivity index (χ4v) is 5.15. The Kier molecular flexibility index (Phi) is 5.84. The zero-order valence-electron chi connectivity index (χ0n) is 19.3. The van der Waals surface area contributed by atoms with Gasteiger partial charge in [-0.15, -0.1) is 0 Å². The van der Waals surface area contributed by atoms with Crippen LogP contribution in [0.1, 0.15) is 31.9 Å². The van der Waals surface area contributed by atoms with Gasteiger partial charge in [-0.25, -0.2) is 14.0 Å². The number of fused-ring (bicyclic) bond motifs is 2. The van der Waals surface area contributed by atoms with Crippen LogP contribution in [0.2, 0.25) is 10.0 Å². The number of imide groups is 1. The van der Waals surface area contributed by atoms with Gasteiger partial charge in [0.2, 0.25) is 5.54 Å². The number of rotatable bonds is 4. The van der Waals surface area contributed by atoms with Gasteiger partial charge < -0.3 is 10.0 Å². The van der Waals surface area contributed by atoms with Crippen LogP contribution in [0, 0.1) is 11.2 Å². The van der Waals surface area contributed by atoms with Gasteiger partial charge in [-0.1, -0.05) is 44.0 Å². The number of hydrogen-bond donors (Lipinski definition) is 1. The van der Waals surface area contributed by atoms with E-state index in [4.69, 9.17) is 23.2 Å². The summed E-state index contributed by atoms with van der Waals surface area (Å²) in [6, 6.07) is 5.83. The number of carbonyl (C=O) groups is 4. The zero-order chi connectivity index (χ0) is 26.0. The van der Waals surface area contributed by atoms with Gasteiger partial charge in [0, 0.05) is 28.2 Å². The molecule has 1 fully saturated rings. The highest BCUT2D eigenvalue weighted by molar-refractivity contribution is 6.32. The summed E-state index contributed by atoms with van der Waals surface area (Å²) >= 11 is 12.2. The van der Waals surface area contributed by atoms with Crippen LogP contribution in [-0.4, -0.2) is 51.8 Å². The van der Waals surface area contributed by atoms with Crippen molar-refractivity contribution in [2.45, 2.75) is 38.9 Å². The molecule has 0 saturated carbocycles. The highest BCUT2D eigenvalue weighted by Gasteiger charge is 2.69. The first kappa shape index (κ1) is 24.9. The number of likely N-dealkylation sites (N-methyl/N-ethyl adjacent to an activating group) is 1. The smallest absolute Gasteiger partial charge is 0.328 e. The van der Waals surface area contributed by atoms with Gasteiger partial charge in [-0.3, -0.25) is 19.4 Å². The number of amides is 4. The molecular weight excluding hydrogens is 500 g/mol. The SMILES string of the molecule is CN1C(=O)N(Cc2cc(Cl)ccc2F)C(=O)C12C(=O)N(C(C(=O)O)C(C)(C)C)c1ccc(Cl)cc12. The maximum Gasteiger partial charge on any atom is 0.328 e. The second-order valence-electron chi connectivity index (χ2n) is 9.62. The molecule has 4 rings (SSSR count). The Morgan fingerprint density at radius 3 is 2.26 bits per heavy atom. The van der Waals surface area contributed by atoms with Crippen molar-refractivity contribution in [2.24, 2.45) is 5.41 Å². The molecule has 0 aromatic heterocycles. The van der Waals surface area contributed by atoms with Gasteiger partial charge in [0.25, 0.3) is 11.8 Å². The number of nitrogens with zero attached hydrogens (tertiary/aromatic N) is 3. The molecule has 11 heteroatoms. The second-order valence-corrected chi connectivity index (χ2v) is 10.5. The number of halogens is 3. The van der Waals surface area contributed by atoms with E-state index < -0.39 is 53.2 Å². The lowest BCUT2D eigenvalue weighted by atomic mass is 9.85. The van der Waals surface area contributed by atoms with Gasteiger partial charge in [0.1, 0.15) is 11.9 Å². The van der Waals surface area contributed by atoms with Crippen molar-refractivity contribution in [1.82, 2.24) is 9.80 Å². The molecule has 2 aliphatic heterocycles. The number of carboxylic acid groups (broad SMARTS) is 1. The van der Waals surface area contributed by atoms with E-state index in [1.807, 2.05) is 0 Å². The van der Waals surface area contributed by atoms with E-state index >= 15 is 0 Å². The first-order chi connectivity index (χ1) is 16.2. The van der Waals surface area contributed by atoms with E-state index in [0.29, 0.717) is 0 Å². The average Bonchev–Trinajstić information content (AvgIpc) is 3.10. The Hall–Kier alpha value is -3.17. The summed E-state index contributed by atoms with van der Waals surface area (Å²) in [6.45, 7) is 4.48. The number of benzene rings is 2. The number of carboxylic acids is 1. The molecule has 2 atom stereocenters. The fourth-order valence-electron chi connectivity index (χ4n) is 4.79. The molecule has 1 N–H and O–H groups in total. The van der Waals surface area contributed by atoms with E-state index in [2.05, 4.69) is 0 Å². The lowest BCUT2D eigenvalue weighted by Gasteiger charge is -2.36. The van der Waals surface area contributed by atoms with Crippen LogP contribution < -0.4 is 4.90 Å². The van der Waals surface area contributed by atoms with Gasteiger partial charge >= 0.3 is 12.0 Å². The summed E-state index contributed by atoms with van der Waals surface area (Å²) in [6.07, 6.45) is 0. The topological polar surface area (TPSA) is 98.2 Å². The summed E-state index contributed by atoms with van der Waals surface area (Å²) in [5.74, 6) is -3.79. The molecule has 4 amide bonds. The van der Waals surface area contributed by atoms with Crippen LogP contribution in [0.25, 0.3) is 0 Å². The van der Waals surface area contributed by atoms with Gasteiger partial charge in [0.05, 0.1) is 12.2 Å². The van der Waals surface area contributed by atoms with Crippen LogP contribution in [0.15, 0.2) is 36.4 Å². The quantitative estimate of drug-likeness (QED) is 0.478. The third kappa shape index (κ3) is 3.56. The molecule has 8 nitrogen and oxygen atoms in total. The normalized spacial score (nSPS) is 20.8. The largest absolute Gasteiger partial charge is 0.480 e. The minimum atomic E-state index is -2.19. The first-order valence-corrected chi connectivity index (χ1v) is 11.4. The van der Waals surface area contributed by atoms with Crippen molar-refractivity contribution in [1.29, 1.82) is 0 Å². The van der Waals surface area contributed by atoms with Crippen LogP contribution in [0.5, 0.6) is 0 Å². The first-order valence-electron chi connectivity index (χ1n) is 10.6. The maximum absolute atomic E-state index is 14.4. The van der Waals surface area contributed by atoms with E-state index in [-0.39, 0.29) is 26.9 Å². The molecule has 35 heavy (non-hydrogen) atoms. The Bertz CT molecular complexity index is 1290. The van der Waals surface area contributed by atoms with Gasteiger partial charge in [-0.2, -0.15) is 0 Å². The van der Waals surface area contributed by atoms with Crippen LogP contribution in [0.4, 0.5) is 14.9 Å². The van der Waals surface area contributed by atoms with E-state index in [9.17, 15) is 28.7 Å². The lowest BCUT2D eigenvalue weighted by molar-refractivity contribution is -0.147. The summed E-state index contributed by atoms with van der Waals surface area (Å²) in [7, 11) is 1.27. The monoisotopic (exact) mass is 521 g/mol. The zero-order valence-corrected chi connectivity index (χ0v) is 20.8. The molecule has 1 saturated heterocycles. The summed E-state index contributed by atoms with van der Waals surface area (Å²) in [4.78, 5) is 56.3. The molecular formula is C24H22Cl2FN3O5. The summed E-state index contributed by atoms with van der Waals surface area (Å²) in [5.41, 5.74) is -2.90. The Morgan fingerprint density at radius 1 is 1.06 bits per heavy atom. The van der Waals surface area contributed by atoms with E-state index in [1.54, 1.807) is 20.8 Å². The second kappa shape index (κ2) is 8.20. The lowest BCUT2D eigenvalue weighted by Crippen LogP contribution is -2.58. The van der Waals surface area contributed by atoms with E-state index in [1.165, 1.54) is 37.4 Å². The molecule has 2 aliphatic rings. The number of carbonyl (C=O) groups excluding carboxylic acids is 3. The average molecular weight is 522 g/mol. The predicted molar refractivity (Wildman–Crippen MR) is 127 cm³/mol. The molecule has 0 aliphatic carbocycles. The van der Waals surface area contributed by atoms with Crippen molar-refractivity contribution in [3.63, 3.8) is 0 Å². The third-order valence-electron chi connectivity index (χ3n) is 6.36. The highest BCUT2D eigenvalue weighted by Crippen LogP contribution is 2.51.